The van der Waals surface area contributed by atoms with Crippen LogP contribution < -0.4 is 10.1 Å². The van der Waals surface area contributed by atoms with Gasteiger partial charge in [-0.15, -0.1) is 0 Å². The van der Waals surface area contributed by atoms with E-state index in [1.54, 1.807) is 19.2 Å². The van der Waals surface area contributed by atoms with Crippen molar-refractivity contribution >= 4 is 5.91 Å². The number of nitrogens with one attached hydrogen (secondary N) is 1. The van der Waals surface area contributed by atoms with Crippen LogP contribution in [-0.4, -0.2) is 13.0 Å². The van der Waals surface area contributed by atoms with E-state index in [1.807, 2.05) is 38.1 Å². The second kappa shape index (κ2) is 6.51. The molecule has 3 nitrogen and oxygen atoms in total. The number of halogens is 1. The van der Waals surface area contributed by atoms with Crippen molar-refractivity contribution in [2.75, 3.05) is 7.11 Å². The Morgan fingerprint density at radius 1 is 1.08 bits per heavy atom. The number of amides is 1. The van der Waals surface area contributed by atoms with E-state index in [2.05, 4.69) is 5.32 Å². The molecule has 1 saturated carbocycles. The standard InChI is InChI=1S/C21H24FNO2/c1-20(2,15-7-11-18(25-3)12-8-15)19(24)23-21(13-4-14-21)16-5-9-17(22)10-6-16/h5-12H,4,13-14H2,1-3H3,(H,23,24). The van der Waals surface area contributed by atoms with Crippen molar-refractivity contribution in [1.82, 2.24) is 5.32 Å². The lowest BCUT2D eigenvalue weighted by molar-refractivity contribution is -0.129. The second-order valence-electron chi connectivity index (χ2n) is 7.25. The molecular weight excluding hydrogens is 317 g/mol. The molecule has 0 aromatic heterocycles. The van der Waals surface area contributed by atoms with Crippen LogP contribution in [0.3, 0.4) is 0 Å². The summed E-state index contributed by atoms with van der Waals surface area (Å²) in [7, 11) is 1.62. The molecule has 0 unspecified atom stereocenters. The zero-order chi connectivity index (χ0) is 18.1. The highest BCUT2D eigenvalue weighted by Gasteiger charge is 2.43. The van der Waals surface area contributed by atoms with Gasteiger partial charge in [-0.1, -0.05) is 24.3 Å². The summed E-state index contributed by atoms with van der Waals surface area (Å²) in [5, 5.41) is 3.24. The van der Waals surface area contributed by atoms with Gasteiger partial charge in [-0.05, 0) is 68.5 Å². The molecule has 3 rings (SSSR count). The summed E-state index contributed by atoms with van der Waals surface area (Å²) in [6, 6.07) is 14.0. The summed E-state index contributed by atoms with van der Waals surface area (Å²) >= 11 is 0. The number of ether oxygens (including phenoxy) is 1. The summed E-state index contributed by atoms with van der Waals surface area (Å²) in [5.74, 6) is 0.478. The van der Waals surface area contributed by atoms with Gasteiger partial charge in [-0.3, -0.25) is 4.79 Å². The molecule has 2 aromatic rings. The van der Waals surface area contributed by atoms with Gasteiger partial charge in [0, 0.05) is 0 Å². The minimum Gasteiger partial charge on any atom is -0.497 e. The Bertz CT molecular complexity index is 746. The fourth-order valence-electron chi connectivity index (χ4n) is 3.30. The number of carbonyl (C=O) groups is 1. The molecule has 1 amide bonds. The van der Waals surface area contributed by atoms with Crippen molar-refractivity contribution in [2.45, 2.75) is 44.1 Å². The molecule has 2 aromatic carbocycles. The van der Waals surface area contributed by atoms with Crippen molar-refractivity contribution in [3.05, 3.63) is 65.5 Å². The van der Waals surface area contributed by atoms with E-state index >= 15 is 0 Å². The lowest BCUT2D eigenvalue weighted by Crippen LogP contribution is -2.55. The van der Waals surface area contributed by atoms with Crippen LogP contribution in [0.2, 0.25) is 0 Å². The Balaban J connectivity index is 1.82. The Morgan fingerprint density at radius 2 is 1.68 bits per heavy atom. The van der Waals surface area contributed by atoms with Gasteiger partial charge >= 0.3 is 0 Å². The van der Waals surface area contributed by atoms with Crippen LogP contribution in [-0.2, 0) is 15.7 Å². The van der Waals surface area contributed by atoms with Crippen molar-refractivity contribution in [2.24, 2.45) is 0 Å². The smallest absolute Gasteiger partial charge is 0.230 e. The molecule has 0 bridgehead atoms. The molecular formula is C21H24FNO2. The lowest BCUT2D eigenvalue weighted by Gasteiger charge is -2.45. The molecule has 0 radical (unpaired) electrons. The summed E-state index contributed by atoms with van der Waals surface area (Å²) in [6.07, 6.45) is 2.81. The highest BCUT2D eigenvalue weighted by Crippen LogP contribution is 2.42. The zero-order valence-corrected chi connectivity index (χ0v) is 14.9. The van der Waals surface area contributed by atoms with Crippen LogP contribution in [0.5, 0.6) is 5.75 Å². The first kappa shape index (κ1) is 17.5. The van der Waals surface area contributed by atoms with Gasteiger partial charge in [-0.25, -0.2) is 4.39 Å². The number of rotatable bonds is 5. The molecule has 0 heterocycles. The first-order valence-corrected chi connectivity index (χ1v) is 8.61. The molecule has 1 fully saturated rings. The van der Waals surface area contributed by atoms with E-state index in [0.29, 0.717) is 0 Å². The Kier molecular flexibility index (Phi) is 4.55. The molecule has 132 valence electrons. The average molecular weight is 341 g/mol. The number of hydrogen-bond acceptors (Lipinski definition) is 2. The average Bonchev–Trinajstić information content (AvgIpc) is 2.58. The number of carbonyl (C=O) groups excluding carboxylic acids is 1. The Morgan fingerprint density at radius 3 is 2.16 bits per heavy atom. The predicted octanol–water partition coefficient (Wildman–Crippen LogP) is 4.31. The molecule has 1 aliphatic rings. The van der Waals surface area contributed by atoms with Gasteiger partial charge < -0.3 is 10.1 Å². The minimum absolute atomic E-state index is 0.0262. The summed E-state index contributed by atoms with van der Waals surface area (Å²) in [4.78, 5) is 13.1. The SMILES string of the molecule is COc1ccc(C(C)(C)C(=O)NC2(c3ccc(F)cc3)CCC2)cc1. The third kappa shape index (κ3) is 3.26. The minimum atomic E-state index is -0.672. The van der Waals surface area contributed by atoms with Crippen molar-refractivity contribution < 1.29 is 13.9 Å². The van der Waals surface area contributed by atoms with Gasteiger partial charge in [0.25, 0.3) is 0 Å². The molecule has 1 N–H and O–H groups in total. The monoisotopic (exact) mass is 341 g/mol. The number of benzene rings is 2. The third-order valence-corrected chi connectivity index (χ3v) is 5.34. The Hall–Kier alpha value is -2.36. The summed E-state index contributed by atoms with van der Waals surface area (Å²) in [6.45, 7) is 3.84. The number of hydrogen-bond donors (Lipinski definition) is 1. The first-order valence-electron chi connectivity index (χ1n) is 8.61. The number of methoxy groups -OCH3 is 1. The zero-order valence-electron chi connectivity index (χ0n) is 14.9. The highest BCUT2D eigenvalue weighted by molar-refractivity contribution is 5.88. The summed E-state index contributed by atoms with van der Waals surface area (Å²) < 4.78 is 18.4. The van der Waals surface area contributed by atoms with Gasteiger partial charge in [0.1, 0.15) is 11.6 Å². The van der Waals surface area contributed by atoms with E-state index < -0.39 is 5.41 Å². The van der Waals surface area contributed by atoms with Crippen molar-refractivity contribution in [3.8, 4) is 5.75 Å². The van der Waals surface area contributed by atoms with E-state index in [4.69, 9.17) is 4.74 Å². The maximum atomic E-state index is 13.2. The fourth-order valence-corrected chi connectivity index (χ4v) is 3.30. The van der Waals surface area contributed by atoms with Crippen molar-refractivity contribution in [3.63, 3.8) is 0 Å². The lowest BCUT2D eigenvalue weighted by atomic mass is 9.70. The van der Waals surface area contributed by atoms with E-state index in [9.17, 15) is 9.18 Å². The first-order chi connectivity index (χ1) is 11.9. The van der Waals surface area contributed by atoms with Crippen LogP contribution in [0.4, 0.5) is 4.39 Å². The normalized spacial score (nSPS) is 16.0. The van der Waals surface area contributed by atoms with Crippen LogP contribution in [0.15, 0.2) is 48.5 Å². The van der Waals surface area contributed by atoms with Crippen LogP contribution in [0.1, 0.15) is 44.2 Å². The maximum absolute atomic E-state index is 13.2. The second-order valence-corrected chi connectivity index (χ2v) is 7.25. The van der Waals surface area contributed by atoms with Gasteiger partial charge in [0.05, 0.1) is 18.1 Å². The molecule has 25 heavy (non-hydrogen) atoms. The van der Waals surface area contributed by atoms with Gasteiger partial charge in [0.15, 0.2) is 0 Å². The molecule has 0 atom stereocenters. The van der Waals surface area contributed by atoms with E-state index in [-0.39, 0.29) is 17.3 Å². The Labute approximate surface area is 148 Å². The molecule has 1 aliphatic carbocycles. The largest absolute Gasteiger partial charge is 0.497 e. The van der Waals surface area contributed by atoms with Gasteiger partial charge in [0.2, 0.25) is 5.91 Å². The molecule has 0 aliphatic heterocycles. The third-order valence-electron chi connectivity index (χ3n) is 5.34. The van der Waals surface area contributed by atoms with Gasteiger partial charge in [-0.2, -0.15) is 0 Å². The maximum Gasteiger partial charge on any atom is 0.230 e. The predicted molar refractivity (Wildman–Crippen MR) is 96.1 cm³/mol. The van der Waals surface area contributed by atoms with Crippen LogP contribution in [0, 0.1) is 5.82 Å². The molecule has 0 saturated heterocycles. The van der Waals surface area contributed by atoms with Crippen LogP contribution in [0.25, 0.3) is 0 Å². The van der Waals surface area contributed by atoms with E-state index in [1.165, 1.54) is 12.1 Å². The van der Waals surface area contributed by atoms with E-state index in [0.717, 1.165) is 36.1 Å². The molecule has 4 heteroatoms. The summed E-state index contributed by atoms with van der Waals surface area (Å²) in [5.41, 5.74) is 0.849. The van der Waals surface area contributed by atoms with Crippen molar-refractivity contribution in [1.29, 1.82) is 0 Å². The quantitative estimate of drug-likeness (QED) is 0.880. The van der Waals surface area contributed by atoms with Crippen LogP contribution >= 0.6 is 0 Å². The molecule has 0 spiro atoms. The highest BCUT2D eigenvalue weighted by atomic mass is 19.1. The topological polar surface area (TPSA) is 38.3 Å². The fraction of sp³-hybridized carbons (Fsp3) is 0.381.